The molecule has 0 aliphatic carbocycles. The third kappa shape index (κ3) is 40.0. The smallest absolute Gasteiger partial charge is 0.463 e. The average Bonchev–Trinajstić information content (AvgIpc) is 3.08. The van der Waals surface area contributed by atoms with Crippen LogP contribution in [0.2, 0.25) is 0 Å². The Morgan fingerprint density at radius 3 is 1.63 bits per heavy atom. The van der Waals surface area contributed by atoms with E-state index in [0.717, 1.165) is 51.4 Å². The van der Waals surface area contributed by atoms with Gasteiger partial charge in [0.1, 0.15) is 25.9 Å². The van der Waals surface area contributed by atoms with Gasteiger partial charge in [0.15, 0.2) is 0 Å². The molecule has 0 aromatic heterocycles. The number of rotatable bonds is 39. The van der Waals surface area contributed by atoms with E-state index in [1.165, 1.54) is 109 Å². The molecule has 2 atom stereocenters. The van der Waals surface area contributed by atoms with Gasteiger partial charge in [-0.25, -0.2) is 4.57 Å². The van der Waals surface area contributed by atoms with Gasteiger partial charge in [-0.2, -0.15) is 0 Å². The Morgan fingerprint density at radius 2 is 1.08 bits per heavy atom. The lowest BCUT2D eigenvalue weighted by Gasteiger charge is -2.24. The Bertz CT molecular complexity index is 874. The SMILES string of the molecule is CCCCCC=CCC=CCCCCCCCCO[C@H](COC(=O)CCCCCCCCCCCCCCC)COP(=O)(O)OCC[N+](C)(C)C. The third-order valence-electron chi connectivity index (χ3n) is 9.05. The molecule has 0 amide bonds. The Labute approximate surface area is 315 Å². The van der Waals surface area contributed by atoms with Crippen LogP contribution in [0.25, 0.3) is 0 Å². The molecule has 0 aliphatic heterocycles. The van der Waals surface area contributed by atoms with Crippen molar-refractivity contribution in [1.29, 1.82) is 0 Å². The van der Waals surface area contributed by atoms with E-state index in [-0.39, 0.29) is 25.8 Å². The van der Waals surface area contributed by atoms with Crippen molar-refractivity contribution in [2.45, 2.75) is 187 Å². The van der Waals surface area contributed by atoms with Crippen molar-refractivity contribution >= 4 is 13.8 Å². The van der Waals surface area contributed by atoms with E-state index >= 15 is 0 Å². The van der Waals surface area contributed by atoms with Gasteiger partial charge in [-0.05, 0) is 44.9 Å². The number of unbranched alkanes of at least 4 members (excludes halogenated alkanes) is 21. The van der Waals surface area contributed by atoms with Crippen LogP contribution in [0.3, 0.4) is 0 Å². The molecule has 0 spiro atoms. The average molecular weight is 745 g/mol. The molecule has 0 radical (unpaired) electrons. The summed E-state index contributed by atoms with van der Waals surface area (Å²) in [5.74, 6) is -0.258. The summed E-state index contributed by atoms with van der Waals surface area (Å²) in [6, 6.07) is 0. The highest BCUT2D eigenvalue weighted by atomic mass is 31.2. The number of carbonyl (C=O) groups excluding carboxylic acids is 1. The number of phosphoric ester groups is 1. The summed E-state index contributed by atoms with van der Waals surface area (Å²) < 4.78 is 35.0. The number of esters is 1. The molecule has 9 heteroatoms. The van der Waals surface area contributed by atoms with E-state index in [9.17, 15) is 14.3 Å². The van der Waals surface area contributed by atoms with Gasteiger partial charge in [0.25, 0.3) is 0 Å². The Kier molecular flexibility index (Phi) is 35.3. The number of likely N-dealkylation sites (N-methyl/N-ethyl adjacent to an activating group) is 1. The van der Waals surface area contributed by atoms with Crippen molar-refractivity contribution < 1.29 is 37.3 Å². The molecule has 0 bridgehead atoms. The summed E-state index contributed by atoms with van der Waals surface area (Å²) in [7, 11) is 1.71. The second-order valence-electron chi connectivity index (χ2n) is 15.4. The van der Waals surface area contributed by atoms with Crippen LogP contribution in [0.15, 0.2) is 24.3 Å². The van der Waals surface area contributed by atoms with Crippen LogP contribution in [0, 0.1) is 0 Å². The first-order valence-corrected chi connectivity index (χ1v) is 22.6. The fourth-order valence-electron chi connectivity index (χ4n) is 5.67. The predicted molar refractivity (Wildman–Crippen MR) is 215 cm³/mol. The number of hydrogen-bond donors (Lipinski definition) is 1. The predicted octanol–water partition coefficient (Wildman–Crippen LogP) is 12.0. The summed E-state index contributed by atoms with van der Waals surface area (Å²) in [4.78, 5) is 22.6. The lowest BCUT2D eigenvalue weighted by Crippen LogP contribution is -2.37. The van der Waals surface area contributed by atoms with E-state index < -0.39 is 13.9 Å². The van der Waals surface area contributed by atoms with Crippen LogP contribution in [0.5, 0.6) is 0 Å². The van der Waals surface area contributed by atoms with Gasteiger partial charge in [0, 0.05) is 13.0 Å². The topological polar surface area (TPSA) is 91.3 Å². The van der Waals surface area contributed by atoms with E-state index in [0.29, 0.717) is 24.1 Å². The minimum atomic E-state index is -4.24. The van der Waals surface area contributed by atoms with Crippen LogP contribution < -0.4 is 0 Å². The number of hydrogen-bond acceptors (Lipinski definition) is 6. The van der Waals surface area contributed by atoms with Crippen molar-refractivity contribution in [2.24, 2.45) is 0 Å². The molecule has 1 N–H and O–H groups in total. The second-order valence-corrected chi connectivity index (χ2v) is 16.8. The number of nitrogens with zero attached hydrogens (tertiary/aromatic N) is 1. The Balaban J connectivity index is 4.26. The highest BCUT2D eigenvalue weighted by Crippen LogP contribution is 2.43. The van der Waals surface area contributed by atoms with Crippen LogP contribution in [0.4, 0.5) is 0 Å². The van der Waals surface area contributed by atoms with Crippen LogP contribution in [-0.2, 0) is 27.9 Å². The Morgan fingerprint density at radius 1 is 0.608 bits per heavy atom. The highest BCUT2D eigenvalue weighted by molar-refractivity contribution is 7.47. The molecule has 51 heavy (non-hydrogen) atoms. The van der Waals surface area contributed by atoms with Crippen molar-refractivity contribution in [3.05, 3.63) is 24.3 Å². The van der Waals surface area contributed by atoms with Crippen LogP contribution >= 0.6 is 7.82 Å². The van der Waals surface area contributed by atoms with E-state index in [1.807, 2.05) is 21.1 Å². The molecule has 0 saturated carbocycles. The van der Waals surface area contributed by atoms with E-state index in [1.54, 1.807) is 0 Å². The maximum absolute atomic E-state index is 12.5. The zero-order chi connectivity index (χ0) is 37.7. The van der Waals surface area contributed by atoms with Crippen LogP contribution in [0.1, 0.15) is 181 Å². The minimum Gasteiger partial charge on any atom is -0.463 e. The van der Waals surface area contributed by atoms with Gasteiger partial charge in [0.05, 0.1) is 27.7 Å². The lowest BCUT2D eigenvalue weighted by atomic mass is 10.0. The highest BCUT2D eigenvalue weighted by Gasteiger charge is 2.25. The maximum Gasteiger partial charge on any atom is 0.472 e. The van der Waals surface area contributed by atoms with Crippen molar-refractivity contribution in [1.82, 2.24) is 0 Å². The number of allylic oxidation sites excluding steroid dienone is 4. The summed E-state index contributed by atoms with van der Waals surface area (Å²) in [5.41, 5.74) is 0. The van der Waals surface area contributed by atoms with Gasteiger partial charge in [-0.15, -0.1) is 0 Å². The van der Waals surface area contributed by atoms with Crippen molar-refractivity contribution in [3.8, 4) is 0 Å². The fourth-order valence-corrected chi connectivity index (χ4v) is 6.42. The molecule has 0 heterocycles. The monoisotopic (exact) mass is 745 g/mol. The Hall–Kier alpha value is -1.02. The minimum absolute atomic E-state index is 0.00166. The number of quaternary nitrogens is 1. The summed E-state index contributed by atoms with van der Waals surface area (Å²) in [6.45, 7) is 5.48. The van der Waals surface area contributed by atoms with Crippen molar-refractivity contribution in [3.63, 3.8) is 0 Å². The van der Waals surface area contributed by atoms with Crippen molar-refractivity contribution in [2.75, 3.05) is 54.1 Å². The zero-order valence-corrected chi connectivity index (χ0v) is 35.0. The largest absolute Gasteiger partial charge is 0.472 e. The first-order chi connectivity index (χ1) is 24.6. The van der Waals surface area contributed by atoms with Gasteiger partial charge in [-0.1, -0.05) is 154 Å². The molecule has 1 unspecified atom stereocenters. The number of ether oxygens (including phenoxy) is 2. The molecule has 0 aromatic rings. The standard InChI is InChI=1S/C42H82NO7P/c1-6-8-10-12-14-16-18-20-21-22-24-26-28-30-32-34-37-47-41(40-50-51(45,46)49-38-36-43(3,4)5)39-48-42(44)35-33-31-29-27-25-23-19-17-15-13-11-9-7-2/h14,16,20-21,41H,6-13,15,17-19,22-40H2,1-5H3/p+1/t41-/m1/s1. The molecule has 0 fully saturated rings. The fraction of sp³-hybridized carbons (Fsp3) is 0.881. The maximum atomic E-state index is 12.5. The van der Waals surface area contributed by atoms with E-state index in [2.05, 4.69) is 38.2 Å². The molecule has 0 rings (SSSR count). The molecule has 302 valence electrons. The molecule has 0 aromatic carbocycles. The first kappa shape index (κ1) is 50.0. The zero-order valence-electron chi connectivity index (χ0n) is 34.1. The quantitative estimate of drug-likeness (QED) is 0.0220. The summed E-state index contributed by atoms with van der Waals surface area (Å²) in [5, 5.41) is 0. The molecular formula is C42H83NO7P+. The van der Waals surface area contributed by atoms with Gasteiger partial charge < -0.3 is 18.9 Å². The number of phosphoric acid groups is 1. The third-order valence-corrected chi connectivity index (χ3v) is 10.0. The molecule has 0 saturated heterocycles. The first-order valence-electron chi connectivity index (χ1n) is 21.1. The normalized spacial score (nSPS) is 14.1. The number of carbonyl (C=O) groups is 1. The molecular weight excluding hydrogens is 661 g/mol. The second kappa shape index (κ2) is 36.0. The van der Waals surface area contributed by atoms with E-state index in [4.69, 9.17) is 18.5 Å². The van der Waals surface area contributed by atoms with Crippen LogP contribution in [-0.4, -0.2) is 75.6 Å². The summed E-state index contributed by atoms with van der Waals surface area (Å²) >= 11 is 0. The van der Waals surface area contributed by atoms with Gasteiger partial charge in [0.2, 0.25) is 0 Å². The van der Waals surface area contributed by atoms with Gasteiger partial charge in [-0.3, -0.25) is 13.8 Å². The van der Waals surface area contributed by atoms with Gasteiger partial charge >= 0.3 is 13.8 Å². The molecule has 0 aliphatic rings. The summed E-state index contributed by atoms with van der Waals surface area (Å²) in [6.07, 6.45) is 39.3. The molecule has 8 nitrogen and oxygen atoms in total. The lowest BCUT2D eigenvalue weighted by molar-refractivity contribution is -0.870.